The second-order valence-electron chi connectivity index (χ2n) is 8.03. The predicted molar refractivity (Wildman–Crippen MR) is 130 cm³/mol. The zero-order valence-electron chi connectivity index (χ0n) is 18.5. The molecule has 2 heterocycles. The number of aromatic amines is 1. The SMILES string of the molecule is COc1cc(Cl)c(-n2c(=O)[nH]c3c(C)cc(C(=O)O)nc32)cc1SC(C)(C)c1ccccc1. The average molecular weight is 484 g/mol. The van der Waals surface area contributed by atoms with E-state index in [1.54, 1.807) is 37.9 Å². The Bertz CT molecular complexity index is 1430. The number of H-pyrrole nitrogens is 1. The fourth-order valence-corrected chi connectivity index (χ4v) is 5.13. The van der Waals surface area contributed by atoms with E-state index in [0.717, 1.165) is 10.5 Å². The molecule has 0 unspecified atom stereocenters. The van der Waals surface area contributed by atoms with E-state index >= 15 is 0 Å². The monoisotopic (exact) mass is 483 g/mol. The fraction of sp³-hybridized carbons (Fsp3) is 0.208. The van der Waals surface area contributed by atoms with Crippen LogP contribution in [0.1, 0.15) is 35.5 Å². The van der Waals surface area contributed by atoms with E-state index in [4.69, 9.17) is 16.3 Å². The number of carboxylic acid groups (broad SMARTS) is 1. The minimum absolute atomic E-state index is 0.155. The van der Waals surface area contributed by atoms with Crippen molar-refractivity contribution in [2.75, 3.05) is 7.11 Å². The Morgan fingerprint density at radius 3 is 2.55 bits per heavy atom. The van der Waals surface area contributed by atoms with Crippen molar-refractivity contribution in [1.29, 1.82) is 0 Å². The predicted octanol–water partition coefficient (Wildman–Crippen LogP) is 5.41. The summed E-state index contributed by atoms with van der Waals surface area (Å²) in [5.41, 5.74) is 2.14. The third-order valence-corrected chi connectivity index (χ3v) is 6.96. The summed E-state index contributed by atoms with van der Waals surface area (Å²) >= 11 is 8.14. The molecular weight excluding hydrogens is 462 g/mol. The lowest BCUT2D eigenvalue weighted by Crippen LogP contribution is -2.16. The number of benzene rings is 2. The molecule has 0 spiro atoms. The Balaban J connectivity index is 1.91. The van der Waals surface area contributed by atoms with Crippen molar-refractivity contribution in [2.24, 2.45) is 0 Å². The minimum Gasteiger partial charge on any atom is -0.496 e. The Morgan fingerprint density at radius 2 is 1.91 bits per heavy atom. The van der Waals surface area contributed by atoms with E-state index in [1.807, 2.05) is 18.2 Å². The van der Waals surface area contributed by atoms with Gasteiger partial charge in [0, 0.05) is 10.8 Å². The largest absolute Gasteiger partial charge is 0.496 e. The molecular formula is C24H22ClN3O4S. The molecule has 0 aliphatic rings. The average Bonchev–Trinajstić information content (AvgIpc) is 3.11. The fourth-order valence-electron chi connectivity index (χ4n) is 3.67. The first kappa shape index (κ1) is 22.9. The molecule has 2 N–H and O–H groups in total. The Morgan fingerprint density at radius 1 is 1.21 bits per heavy atom. The second kappa shape index (κ2) is 8.61. The van der Waals surface area contributed by atoms with Gasteiger partial charge in [0.1, 0.15) is 5.75 Å². The maximum Gasteiger partial charge on any atom is 0.354 e. The van der Waals surface area contributed by atoms with Gasteiger partial charge in [-0.3, -0.25) is 0 Å². The lowest BCUT2D eigenvalue weighted by atomic mass is 10.0. The van der Waals surface area contributed by atoms with Gasteiger partial charge in [0.05, 0.1) is 28.2 Å². The van der Waals surface area contributed by atoms with Gasteiger partial charge in [0.2, 0.25) is 0 Å². The van der Waals surface area contributed by atoms with Crippen LogP contribution in [0.2, 0.25) is 5.02 Å². The van der Waals surface area contributed by atoms with Gasteiger partial charge in [0.25, 0.3) is 0 Å². The summed E-state index contributed by atoms with van der Waals surface area (Å²) in [5.74, 6) is -0.608. The molecule has 33 heavy (non-hydrogen) atoms. The van der Waals surface area contributed by atoms with E-state index in [1.165, 1.54) is 10.6 Å². The number of nitrogens with one attached hydrogen (secondary N) is 1. The van der Waals surface area contributed by atoms with Gasteiger partial charge in [-0.25, -0.2) is 19.1 Å². The number of halogens is 1. The molecule has 0 bridgehead atoms. The number of aromatic nitrogens is 3. The number of fused-ring (bicyclic) bond motifs is 1. The molecule has 0 fully saturated rings. The van der Waals surface area contributed by atoms with Crippen LogP contribution >= 0.6 is 23.4 Å². The molecule has 0 aliphatic heterocycles. The maximum atomic E-state index is 12.9. The van der Waals surface area contributed by atoms with E-state index < -0.39 is 11.7 Å². The van der Waals surface area contributed by atoms with Gasteiger partial charge < -0.3 is 14.8 Å². The van der Waals surface area contributed by atoms with Crippen molar-refractivity contribution in [3.63, 3.8) is 0 Å². The summed E-state index contributed by atoms with van der Waals surface area (Å²) in [6.07, 6.45) is 0. The molecule has 4 aromatic rings. The van der Waals surface area contributed by atoms with Crippen LogP contribution in [0.25, 0.3) is 16.9 Å². The first-order chi connectivity index (χ1) is 15.6. The van der Waals surface area contributed by atoms with Gasteiger partial charge in [-0.2, -0.15) is 0 Å². The number of imidazole rings is 1. The van der Waals surface area contributed by atoms with Crippen molar-refractivity contribution in [3.05, 3.63) is 80.9 Å². The summed E-state index contributed by atoms with van der Waals surface area (Å²) in [5, 5.41) is 9.71. The zero-order chi connectivity index (χ0) is 23.9. The van der Waals surface area contributed by atoms with Gasteiger partial charge in [0.15, 0.2) is 11.3 Å². The van der Waals surface area contributed by atoms with Gasteiger partial charge >= 0.3 is 11.7 Å². The molecule has 170 valence electrons. The molecule has 0 atom stereocenters. The van der Waals surface area contributed by atoms with Crippen molar-refractivity contribution in [2.45, 2.75) is 30.4 Å². The highest BCUT2D eigenvalue weighted by Crippen LogP contribution is 2.46. The number of pyridine rings is 1. The van der Waals surface area contributed by atoms with Crippen LogP contribution < -0.4 is 10.4 Å². The minimum atomic E-state index is -1.18. The van der Waals surface area contributed by atoms with E-state index in [0.29, 0.717) is 22.5 Å². The van der Waals surface area contributed by atoms with Gasteiger partial charge in [-0.05, 0) is 44.0 Å². The number of aromatic carboxylic acids is 1. The molecule has 2 aromatic carbocycles. The Labute approximate surface area is 199 Å². The highest BCUT2D eigenvalue weighted by molar-refractivity contribution is 8.00. The van der Waals surface area contributed by atoms with Crippen LogP contribution in [-0.4, -0.2) is 32.7 Å². The summed E-state index contributed by atoms with van der Waals surface area (Å²) in [7, 11) is 1.56. The van der Waals surface area contributed by atoms with Crippen molar-refractivity contribution >= 4 is 40.5 Å². The second-order valence-corrected chi connectivity index (χ2v) is 10.1. The van der Waals surface area contributed by atoms with Crippen LogP contribution in [0.5, 0.6) is 5.75 Å². The van der Waals surface area contributed by atoms with E-state index in [-0.39, 0.29) is 21.1 Å². The summed E-state index contributed by atoms with van der Waals surface area (Å²) in [4.78, 5) is 32.2. The number of carboxylic acids is 1. The quantitative estimate of drug-likeness (QED) is 0.356. The first-order valence-electron chi connectivity index (χ1n) is 10.1. The Kier molecular flexibility index (Phi) is 5.99. The van der Waals surface area contributed by atoms with Crippen LogP contribution in [0, 0.1) is 6.92 Å². The molecule has 7 nitrogen and oxygen atoms in total. The van der Waals surface area contributed by atoms with E-state index in [9.17, 15) is 14.7 Å². The van der Waals surface area contributed by atoms with Crippen LogP contribution in [0.4, 0.5) is 0 Å². The van der Waals surface area contributed by atoms with Crippen molar-refractivity contribution in [1.82, 2.24) is 14.5 Å². The molecule has 0 saturated carbocycles. The molecule has 9 heteroatoms. The lowest BCUT2D eigenvalue weighted by molar-refractivity contribution is 0.0690. The van der Waals surface area contributed by atoms with Crippen molar-refractivity contribution < 1.29 is 14.6 Å². The summed E-state index contributed by atoms with van der Waals surface area (Å²) in [6, 6.07) is 14.9. The number of ether oxygens (including phenoxy) is 1. The highest BCUT2D eigenvalue weighted by Gasteiger charge is 2.26. The molecule has 0 amide bonds. The third kappa shape index (κ3) is 4.24. The van der Waals surface area contributed by atoms with Gasteiger partial charge in [-0.1, -0.05) is 41.9 Å². The first-order valence-corrected chi connectivity index (χ1v) is 11.3. The number of hydrogen-bond acceptors (Lipinski definition) is 5. The van der Waals surface area contributed by atoms with Crippen molar-refractivity contribution in [3.8, 4) is 11.4 Å². The number of nitrogens with zero attached hydrogens (tertiary/aromatic N) is 2. The van der Waals surface area contributed by atoms with Gasteiger partial charge in [-0.15, -0.1) is 11.8 Å². The number of methoxy groups -OCH3 is 1. The van der Waals surface area contributed by atoms with Crippen LogP contribution in [-0.2, 0) is 4.75 Å². The standard InChI is InChI=1S/C24H22ClN3O4S/c1-13-10-16(22(29)30)26-21-20(13)27-23(31)28(21)17-12-19(18(32-4)11-15(17)25)33-24(2,3)14-8-6-5-7-9-14/h5-12H,1-4H3,(H,27,31)(H,29,30). The topological polar surface area (TPSA) is 97.2 Å². The normalized spacial score (nSPS) is 11.7. The number of thioether (sulfide) groups is 1. The third-order valence-electron chi connectivity index (χ3n) is 5.37. The highest BCUT2D eigenvalue weighted by atomic mass is 35.5. The zero-order valence-corrected chi connectivity index (χ0v) is 20.0. The molecule has 0 saturated heterocycles. The molecule has 0 radical (unpaired) electrons. The summed E-state index contributed by atoms with van der Waals surface area (Å²) < 4.78 is 6.57. The van der Waals surface area contributed by atoms with Crippen LogP contribution in [0.15, 0.2) is 58.2 Å². The maximum absolute atomic E-state index is 12.9. The smallest absolute Gasteiger partial charge is 0.354 e. The van der Waals surface area contributed by atoms with Crippen LogP contribution in [0.3, 0.4) is 0 Å². The number of aryl methyl sites for hydroxylation is 1. The molecule has 4 rings (SSSR count). The number of carbonyl (C=O) groups is 1. The number of rotatable bonds is 6. The Hall–Kier alpha value is -3.23. The van der Waals surface area contributed by atoms with E-state index in [2.05, 4.69) is 35.9 Å². The lowest BCUT2D eigenvalue weighted by Gasteiger charge is -2.26. The molecule has 0 aliphatic carbocycles. The summed E-state index contributed by atoms with van der Waals surface area (Å²) in [6.45, 7) is 5.92. The number of hydrogen-bond donors (Lipinski definition) is 2. The molecule has 2 aromatic heterocycles.